The molecule has 0 saturated heterocycles. The molecule has 2 nitrogen and oxygen atoms in total. The molecule has 2 rings (SSSR count). The molecule has 2 heterocycles. The van der Waals surface area contributed by atoms with E-state index < -0.39 is 0 Å². The Balaban J connectivity index is 2.24. The molecular formula is C13H14Cl2N2S. The first-order valence-electron chi connectivity index (χ1n) is 5.63. The van der Waals surface area contributed by atoms with Crippen LogP contribution in [0.2, 0.25) is 10.3 Å². The third-order valence-corrected chi connectivity index (χ3v) is 4.34. The number of halogens is 2. The summed E-state index contributed by atoms with van der Waals surface area (Å²) in [4.78, 5) is 6.64. The van der Waals surface area contributed by atoms with E-state index in [0.29, 0.717) is 10.3 Å². The van der Waals surface area contributed by atoms with Crippen molar-refractivity contribution in [2.45, 2.75) is 26.8 Å². The second-order valence-corrected chi connectivity index (χ2v) is 6.31. The van der Waals surface area contributed by atoms with E-state index in [-0.39, 0.29) is 6.04 Å². The van der Waals surface area contributed by atoms with E-state index in [0.717, 1.165) is 11.3 Å². The zero-order valence-corrected chi connectivity index (χ0v) is 12.7. The molecule has 0 aliphatic carbocycles. The molecule has 0 amide bonds. The minimum absolute atomic E-state index is 0.197. The fraction of sp³-hybridized carbons (Fsp3) is 0.308. The van der Waals surface area contributed by atoms with Gasteiger partial charge in [0.2, 0.25) is 0 Å². The van der Waals surface area contributed by atoms with Crippen LogP contribution in [-0.4, -0.2) is 4.98 Å². The summed E-state index contributed by atoms with van der Waals surface area (Å²) in [5.74, 6) is 0. The minimum atomic E-state index is 0.197. The molecule has 1 atom stereocenters. The number of nitrogens with zero attached hydrogens (tertiary/aromatic N) is 1. The first-order chi connectivity index (χ1) is 8.47. The smallest absolute Gasteiger partial charge is 0.154 e. The Bertz CT molecular complexity index is 543. The van der Waals surface area contributed by atoms with Crippen LogP contribution in [0.5, 0.6) is 0 Å². The summed E-state index contributed by atoms with van der Waals surface area (Å²) in [6.45, 7) is 6.17. The highest BCUT2D eigenvalue weighted by atomic mass is 35.5. The van der Waals surface area contributed by atoms with Crippen molar-refractivity contribution in [3.05, 3.63) is 43.8 Å². The number of rotatable bonds is 3. The van der Waals surface area contributed by atoms with E-state index in [1.807, 2.05) is 13.0 Å². The molecule has 0 aliphatic rings. The topological polar surface area (TPSA) is 24.9 Å². The highest BCUT2D eigenvalue weighted by Crippen LogP contribution is 2.31. The Morgan fingerprint density at radius 1 is 1.28 bits per heavy atom. The minimum Gasteiger partial charge on any atom is -0.375 e. The molecule has 0 spiro atoms. The van der Waals surface area contributed by atoms with Gasteiger partial charge in [0.1, 0.15) is 5.15 Å². The standard InChI is InChI=1S/C13H14Cl2N2S/c1-7-6-11(14)17-13(15)12(7)16-9(3)10-5-4-8(2)18-10/h4-6,9,16H,1-3H3. The lowest BCUT2D eigenvalue weighted by Crippen LogP contribution is -2.07. The fourth-order valence-electron chi connectivity index (χ4n) is 1.74. The number of aromatic nitrogens is 1. The van der Waals surface area contributed by atoms with Gasteiger partial charge in [-0.15, -0.1) is 11.3 Å². The molecule has 5 heteroatoms. The maximum absolute atomic E-state index is 6.12. The molecule has 2 aromatic rings. The van der Waals surface area contributed by atoms with Gasteiger partial charge in [0.15, 0.2) is 5.15 Å². The molecule has 1 N–H and O–H groups in total. The predicted octanol–water partition coefficient (Wildman–Crippen LogP) is 5.24. The quantitative estimate of drug-likeness (QED) is 0.784. The summed E-state index contributed by atoms with van der Waals surface area (Å²) in [7, 11) is 0. The molecule has 0 fully saturated rings. The molecule has 2 aromatic heterocycles. The Labute approximate surface area is 121 Å². The largest absolute Gasteiger partial charge is 0.375 e. The first kappa shape index (κ1) is 13.7. The summed E-state index contributed by atoms with van der Waals surface area (Å²) < 4.78 is 0. The average molecular weight is 301 g/mol. The fourth-order valence-corrected chi connectivity index (χ4v) is 3.21. The van der Waals surface area contributed by atoms with Crippen molar-refractivity contribution in [3.8, 4) is 0 Å². The molecule has 96 valence electrons. The summed E-state index contributed by atoms with van der Waals surface area (Å²) in [6.07, 6.45) is 0. The number of hydrogen-bond donors (Lipinski definition) is 1. The number of aryl methyl sites for hydroxylation is 2. The van der Waals surface area contributed by atoms with Gasteiger partial charge in [-0.25, -0.2) is 4.98 Å². The van der Waals surface area contributed by atoms with Gasteiger partial charge < -0.3 is 5.32 Å². The van der Waals surface area contributed by atoms with Crippen LogP contribution in [0.15, 0.2) is 18.2 Å². The highest BCUT2D eigenvalue weighted by molar-refractivity contribution is 7.12. The molecule has 0 bridgehead atoms. The monoisotopic (exact) mass is 300 g/mol. The van der Waals surface area contributed by atoms with Crippen molar-refractivity contribution in [1.82, 2.24) is 4.98 Å². The van der Waals surface area contributed by atoms with Gasteiger partial charge >= 0.3 is 0 Å². The second kappa shape index (κ2) is 5.47. The molecular weight excluding hydrogens is 287 g/mol. The third-order valence-electron chi connectivity index (χ3n) is 2.69. The van der Waals surface area contributed by atoms with Gasteiger partial charge in [-0.2, -0.15) is 0 Å². The van der Waals surface area contributed by atoms with Crippen molar-refractivity contribution in [2.24, 2.45) is 0 Å². The molecule has 18 heavy (non-hydrogen) atoms. The second-order valence-electron chi connectivity index (χ2n) is 4.24. The van der Waals surface area contributed by atoms with E-state index in [2.05, 4.69) is 36.3 Å². The van der Waals surface area contributed by atoms with Gasteiger partial charge in [-0.05, 0) is 44.5 Å². The SMILES string of the molecule is Cc1ccc(C(C)Nc2c(C)cc(Cl)nc2Cl)s1. The highest BCUT2D eigenvalue weighted by Gasteiger charge is 2.13. The van der Waals surface area contributed by atoms with Gasteiger partial charge in [0.05, 0.1) is 11.7 Å². The number of hydrogen-bond acceptors (Lipinski definition) is 3. The van der Waals surface area contributed by atoms with Crippen LogP contribution in [-0.2, 0) is 0 Å². The average Bonchev–Trinajstić information content (AvgIpc) is 2.70. The molecule has 0 saturated carbocycles. The normalized spacial score (nSPS) is 12.5. The number of pyridine rings is 1. The lowest BCUT2D eigenvalue weighted by molar-refractivity contribution is 0.903. The molecule has 1 unspecified atom stereocenters. The van der Waals surface area contributed by atoms with Gasteiger partial charge in [-0.3, -0.25) is 0 Å². The molecule has 0 aliphatic heterocycles. The van der Waals surface area contributed by atoms with Crippen molar-refractivity contribution in [3.63, 3.8) is 0 Å². The van der Waals surface area contributed by atoms with Crippen LogP contribution in [0.1, 0.15) is 28.3 Å². The van der Waals surface area contributed by atoms with Crippen LogP contribution in [0, 0.1) is 13.8 Å². The summed E-state index contributed by atoms with van der Waals surface area (Å²) >= 11 is 13.8. The lowest BCUT2D eigenvalue weighted by atomic mass is 10.2. The maximum Gasteiger partial charge on any atom is 0.154 e. The third kappa shape index (κ3) is 2.97. The van der Waals surface area contributed by atoms with Gasteiger partial charge in [-0.1, -0.05) is 23.2 Å². The number of anilines is 1. The first-order valence-corrected chi connectivity index (χ1v) is 7.20. The summed E-state index contributed by atoms with van der Waals surface area (Å²) in [5.41, 5.74) is 1.85. The Morgan fingerprint density at radius 3 is 2.56 bits per heavy atom. The Morgan fingerprint density at radius 2 is 2.00 bits per heavy atom. The van der Waals surface area contributed by atoms with Crippen molar-refractivity contribution < 1.29 is 0 Å². The van der Waals surface area contributed by atoms with E-state index in [1.165, 1.54) is 9.75 Å². The number of thiophene rings is 1. The number of nitrogens with one attached hydrogen (secondary N) is 1. The van der Waals surface area contributed by atoms with Crippen LogP contribution >= 0.6 is 34.5 Å². The van der Waals surface area contributed by atoms with Crippen molar-refractivity contribution in [1.29, 1.82) is 0 Å². The van der Waals surface area contributed by atoms with Crippen LogP contribution in [0.3, 0.4) is 0 Å². The Kier molecular flexibility index (Phi) is 4.15. The van der Waals surface area contributed by atoms with Gasteiger partial charge in [0.25, 0.3) is 0 Å². The zero-order valence-electron chi connectivity index (χ0n) is 10.4. The van der Waals surface area contributed by atoms with E-state index in [9.17, 15) is 0 Å². The summed E-state index contributed by atoms with van der Waals surface area (Å²) in [5, 5.41) is 4.23. The Hall–Kier alpha value is -0.770. The van der Waals surface area contributed by atoms with Crippen molar-refractivity contribution >= 4 is 40.2 Å². The lowest BCUT2D eigenvalue weighted by Gasteiger charge is -2.16. The van der Waals surface area contributed by atoms with E-state index in [1.54, 1.807) is 11.3 Å². The van der Waals surface area contributed by atoms with Crippen LogP contribution in [0.25, 0.3) is 0 Å². The van der Waals surface area contributed by atoms with Crippen molar-refractivity contribution in [2.75, 3.05) is 5.32 Å². The maximum atomic E-state index is 6.12. The molecule has 0 aromatic carbocycles. The van der Waals surface area contributed by atoms with Crippen LogP contribution in [0.4, 0.5) is 5.69 Å². The van der Waals surface area contributed by atoms with E-state index in [4.69, 9.17) is 23.2 Å². The predicted molar refractivity (Wildman–Crippen MR) is 80.1 cm³/mol. The van der Waals surface area contributed by atoms with Gasteiger partial charge in [0, 0.05) is 9.75 Å². The summed E-state index contributed by atoms with van der Waals surface area (Å²) in [6, 6.07) is 6.25. The molecule has 0 radical (unpaired) electrons. The van der Waals surface area contributed by atoms with E-state index >= 15 is 0 Å². The van der Waals surface area contributed by atoms with Crippen LogP contribution < -0.4 is 5.32 Å². The zero-order chi connectivity index (χ0) is 13.3.